The van der Waals surface area contributed by atoms with Gasteiger partial charge in [0.15, 0.2) is 0 Å². The monoisotopic (exact) mass is 143 g/mol. The molecular weight excluding hydrogens is 130 g/mol. The largest absolute Gasteiger partial charge is 0.394 e. The highest BCUT2D eigenvalue weighted by Gasteiger charge is 2.22. The predicted molar refractivity (Wildman–Crippen MR) is 38.6 cm³/mol. The Morgan fingerprint density at radius 1 is 1.70 bits per heavy atom. The molecule has 1 heterocycles. The Bertz CT molecular complexity index is 136. The topological polar surface area (TPSA) is 52.5 Å². The van der Waals surface area contributed by atoms with Gasteiger partial charge in [0, 0.05) is 0 Å². The third-order valence-corrected chi connectivity index (χ3v) is 1.87. The molecule has 2 atom stereocenters. The number of rotatable bonds is 1. The van der Waals surface area contributed by atoms with Gasteiger partial charge in [-0.3, -0.25) is 0 Å². The van der Waals surface area contributed by atoms with E-state index in [1.807, 2.05) is 0 Å². The zero-order valence-corrected chi connectivity index (χ0v) is 5.88. The van der Waals surface area contributed by atoms with Crippen molar-refractivity contribution < 1.29 is 10.2 Å². The lowest BCUT2D eigenvalue weighted by Gasteiger charge is -2.28. The normalized spacial score (nSPS) is 34.4. The van der Waals surface area contributed by atoms with Crippen LogP contribution in [0.1, 0.15) is 6.42 Å². The van der Waals surface area contributed by atoms with Crippen molar-refractivity contribution in [3.63, 3.8) is 0 Å². The summed E-state index contributed by atoms with van der Waals surface area (Å²) in [5, 5.41) is 21.0. The Kier molecular flexibility index (Phi) is 2.43. The van der Waals surface area contributed by atoms with E-state index in [2.05, 4.69) is 11.9 Å². The van der Waals surface area contributed by atoms with Crippen molar-refractivity contribution in [3.8, 4) is 0 Å². The van der Waals surface area contributed by atoms with E-state index in [-0.39, 0.29) is 12.6 Å². The molecule has 0 spiro atoms. The van der Waals surface area contributed by atoms with E-state index < -0.39 is 6.10 Å². The lowest BCUT2D eigenvalue weighted by Crippen LogP contribution is -2.44. The van der Waals surface area contributed by atoms with Crippen LogP contribution in [0.5, 0.6) is 0 Å². The van der Waals surface area contributed by atoms with Gasteiger partial charge in [0.05, 0.1) is 18.8 Å². The van der Waals surface area contributed by atoms with Crippen LogP contribution < -0.4 is 5.32 Å². The molecule has 0 amide bonds. The number of piperidine rings is 1. The van der Waals surface area contributed by atoms with Gasteiger partial charge in [0.2, 0.25) is 0 Å². The molecule has 3 N–H and O–H groups in total. The van der Waals surface area contributed by atoms with Crippen LogP contribution in [0.15, 0.2) is 12.2 Å². The summed E-state index contributed by atoms with van der Waals surface area (Å²) in [5.41, 5.74) is 0.703. The number of hydrogen-bond acceptors (Lipinski definition) is 3. The molecule has 3 nitrogen and oxygen atoms in total. The minimum Gasteiger partial charge on any atom is -0.394 e. The van der Waals surface area contributed by atoms with Gasteiger partial charge >= 0.3 is 0 Å². The minimum atomic E-state index is -0.432. The zero-order chi connectivity index (χ0) is 7.56. The fraction of sp³-hybridized carbons (Fsp3) is 0.714. The lowest BCUT2D eigenvalue weighted by atomic mass is 9.97. The first kappa shape index (κ1) is 7.72. The molecule has 3 heteroatoms. The molecule has 58 valence electrons. The van der Waals surface area contributed by atoms with Crippen LogP contribution in [0.25, 0.3) is 0 Å². The maximum absolute atomic E-state index is 9.23. The van der Waals surface area contributed by atoms with Crippen LogP contribution in [0, 0.1) is 0 Å². The molecule has 0 unspecified atom stereocenters. The van der Waals surface area contributed by atoms with Gasteiger partial charge in [-0.25, -0.2) is 0 Å². The average Bonchev–Trinajstić information content (AvgIpc) is 1.95. The minimum absolute atomic E-state index is 0.0237. The van der Waals surface area contributed by atoms with Crippen LogP contribution in [-0.4, -0.2) is 35.5 Å². The number of aliphatic hydroxyl groups is 2. The molecule has 0 aromatic carbocycles. The van der Waals surface area contributed by atoms with E-state index in [4.69, 9.17) is 5.11 Å². The van der Waals surface area contributed by atoms with Crippen LogP contribution >= 0.6 is 0 Å². The molecule has 10 heavy (non-hydrogen) atoms. The van der Waals surface area contributed by atoms with Crippen LogP contribution in [0.3, 0.4) is 0 Å². The summed E-state index contributed by atoms with van der Waals surface area (Å²) in [6.07, 6.45) is 0.272. The fourth-order valence-corrected chi connectivity index (χ4v) is 1.12. The van der Waals surface area contributed by atoms with Gasteiger partial charge in [-0.15, -0.1) is 0 Å². The van der Waals surface area contributed by atoms with Gasteiger partial charge in [0.25, 0.3) is 0 Å². The van der Waals surface area contributed by atoms with Crippen molar-refractivity contribution in [2.75, 3.05) is 13.2 Å². The average molecular weight is 143 g/mol. The van der Waals surface area contributed by atoms with E-state index in [1.54, 1.807) is 0 Å². The van der Waals surface area contributed by atoms with Crippen molar-refractivity contribution in [2.24, 2.45) is 0 Å². The Labute approximate surface area is 60.4 Å². The first-order valence-corrected chi connectivity index (χ1v) is 3.46. The number of aliphatic hydroxyl groups excluding tert-OH is 2. The highest BCUT2D eigenvalue weighted by atomic mass is 16.3. The molecule has 1 aliphatic heterocycles. The van der Waals surface area contributed by atoms with Crippen molar-refractivity contribution in [1.29, 1.82) is 0 Å². The Hall–Kier alpha value is -0.380. The maximum Gasteiger partial charge on any atom is 0.0775 e. The Morgan fingerprint density at radius 2 is 2.40 bits per heavy atom. The lowest BCUT2D eigenvalue weighted by molar-refractivity contribution is 0.150. The summed E-state index contributed by atoms with van der Waals surface area (Å²) in [5.74, 6) is 0. The third kappa shape index (κ3) is 1.37. The van der Waals surface area contributed by atoms with Crippen LogP contribution in [0.4, 0.5) is 0 Å². The number of hydrogen-bond donors (Lipinski definition) is 3. The second kappa shape index (κ2) is 3.14. The van der Waals surface area contributed by atoms with Gasteiger partial charge < -0.3 is 15.5 Å². The quantitative estimate of drug-likeness (QED) is 0.424. The molecule has 1 fully saturated rings. The molecule has 1 rings (SSSR count). The molecule has 0 bridgehead atoms. The standard InChI is InChI=1S/C7H13NO2/c1-5-6(4-9)8-3-2-7(5)10/h6-10H,1-4H2/t6-,7-/m1/s1. The summed E-state index contributed by atoms with van der Waals surface area (Å²) in [6, 6.07) is -0.108. The highest BCUT2D eigenvalue weighted by molar-refractivity contribution is 5.13. The van der Waals surface area contributed by atoms with E-state index in [0.29, 0.717) is 12.0 Å². The zero-order valence-electron chi connectivity index (χ0n) is 5.88. The van der Waals surface area contributed by atoms with Crippen LogP contribution in [0.2, 0.25) is 0 Å². The summed E-state index contributed by atoms with van der Waals surface area (Å²) in [4.78, 5) is 0. The van der Waals surface area contributed by atoms with Crippen molar-refractivity contribution in [1.82, 2.24) is 5.32 Å². The Balaban J connectivity index is 2.51. The predicted octanol–water partition coefficient (Wildman–Crippen LogP) is -0.742. The van der Waals surface area contributed by atoms with Gasteiger partial charge in [-0.05, 0) is 18.5 Å². The fourth-order valence-electron chi connectivity index (χ4n) is 1.12. The van der Waals surface area contributed by atoms with Gasteiger partial charge in [-0.1, -0.05) is 6.58 Å². The summed E-state index contributed by atoms with van der Waals surface area (Å²) >= 11 is 0. The van der Waals surface area contributed by atoms with Crippen molar-refractivity contribution >= 4 is 0 Å². The van der Waals surface area contributed by atoms with Crippen LogP contribution in [-0.2, 0) is 0 Å². The molecular formula is C7H13NO2. The second-order valence-electron chi connectivity index (χ2n) is 2.57. The molecule has 0 aromatic heterocycles. The second-order valence-corrected chi connectivity index (χ2v) is 2.57. The van der Waals surface area contributed by atoms with Crippen molar-refractivity contribution in [2.45, 2.75) is 18.6 Å². The van der Waals surface area contributed by atoms with Gasteiger partial charge in [-0.2, -0.15) is 0 Å². The molecule has 1 saturated heterocycles. The summed E-state index contributed by atoms with van der Waals surface area (Å²) in [7, 11) is 0. The van der Waals surface area contributed by atoms with Crippen molar-refractivity contribution in [3.05, 3.63) is 12.2 Å². The smallest absolute Gasteiger partial charge is 0.0775 e. The first-order valence-electron chi connectivity index (χ1n) is 3.46. The maximum atomic E-state index is 9.23. The SMILES string of the molecule is C=C1[C@H](O)CCN[C@@H]1CO. The molecule has 1 aliphatic rings. The molecule has 0 aliphatic carbocycles. The van der Waals surface area contributed by atoms with E-state index in [9.17, 15) is 5.11 Å². The number of nitrogens with one attached hydrogen (secondary N) is 1. The molecule has 0 radical (unpaired) electrons. The van der Waals surface area contributed by atoms with E-state index in [1.165, 1.54) is 0 Å². The Morgan fingerprint density at radius 3 is 2.90 bits per heavy atom. The third-order valence-electron chi connectivity index (χ3n) is 1.87. The molecule has 0 saturated carbocycles. The van der Waals surface area contributed by atoms with E-state index in [0.717, 1.165) is 6.54 Å². The summed E-state index contributed by atoms with van der Waals surface area (Å²) in [6.45, 7) is 4.45. The van der Waals surface area contributed by atoms with Gasteiger partial charge in [0.1, 0.15) is 0 Å². The first-order chi connectivity index (χ1) is 4.75. The van der Waals surface area contributed by atoms with E-state index >= 15 is 0 Å². The molecule has 0 aromatic rings. The summed E-state index contributed by atoms with van der Waals surface area (Å²) < 4.78 is 0. The highest BCUT2D eigenvalue weighted by Crippen LogP contribution is 2.12.